The van der Waals surface area contributed by atoms with Crippen molar-refractivity contribution in [2.24, 2.45) is 5.92 Å². The Balaban J connectivity index is 1.42. The zero-order valence-corrected chi connectivity index (χ0v) is 19.3. The minimum Gasteiger partial charge on any atom is -0.508 e. The predicted molar refractivity (Wildman–Crippen MR) is 128 cm³/mol. The maximum absolute atomic E-state index is 14.1. The molecular formula is C28H26F3NO3. The third kappa shape index (κ3) is 4.73. The number of likely N-dealkylation sites (tertiary alicyclic amines) is 1. The van der Waals surface area contributed by atoms with E-state index in [4.69, 9.17) is 9.47 Å². The lowest BCUT2D eigenvalue weighted by Gasteiger charge is -2.37. The number of benzene rings is 3. The van der Waals surface area contributed by atoms with Crippen molar-refractivity contribution >= 4 is 11.3 Å². The highest BCUT2D eigenvalue weighted by Crippen LogP contribution is 2.47. The van der Waals surface area contributed by atoms with E-state index in [1.165, 1.54) is 12.1 Å². The highest BCUT2D eigenvalue weighted by atomic mass is 19.2. The van der Waals surface area contributed by atoms with Gasteiger partial charge in [-0.1, -0.05) is 13.0 Å². The van der Waals surface area contributed by atoms with Crippen molar-refractivity contribution < 1.29 is 27.8 Å². The molecule has 1 atom stereocenters. The number of phenols is 1. The molecule has 5 rings (SSSR count). The molecule has 0 bridgehead atoms. The molecule has 0 saturated carbocycles. The normalized spacial score (nSPS) is 18.1. The number of halogens is 3. The minimum atomic E-state index is -0.938. The molecule has 7 heteroatoms. The summed E-state index contributed by atoms with van der Waals surface area (Å²) >= 11 is 0. The number of rotatable bonds is 7. The van der Waals surface area contributed by atoms with Crippen molar-refractivity contribution in [1.29, 1.82) is 0 Å². The van der Waals surface area contributed by atoms with Crippen molar-refractivity contribution in [2.45, 2.75) is 12.8 Å². The molecule has 1 N–H and O–H groups in total. The molecule has 182 valence electrons. The fourth-order valence-corrected chi connectivity index (χ4v) is 4.70. The zero-order valence-electron chi connectivity index (χ0n) is 19.3. The fraction of sp³-hybridized carbons (Fsp3) is 0.286. The maximum Gasteiger partial charge on any atom is 0.159 e. The fourth-order valence-electron chi connectivity index (χ4n) is 4.70. The van der Waals surface area contributed by atoms with Gasteiger partial charge in [0.05, 0.1) is 6.67 Å². The third-order valence-electron chi connectivity index (χ3n) is 6.62. The lowest BCUT2D eigenvalue weighted by molar-refractivity contribution is 0.0668. The van der Waals surface area contributed by atoms with Gasteiger partial charge < -0.3 is 14.6 Å². The Morgan fingerprint density at radius 2 is 1.71 bits per heavy atom. The summed E-state index contributed by atoms with van der Waals surface area (Å²) in [4.78, 5) is 2.16. The van der Waals surface area contributed by atoms with E-state index in [-0.39, 0.29) is 24.3 Å². The Morgan fingerprint density at radius 1 is 0.971 bits per heavy atom. The Labute approximate surface area is 202 Å². The van der Waals surface area contributed by atoms with Gasteiger partial charge in [0.15, 0.2) is 11.6 Å². The molecule has 2 aliphatic heterocycles. The molecular weight excluding hydrogens is 455 g/mol. The van der Waals surface area contributed by atoms with Gasteiger partial charge in [-0.2, -0.15) is 0 Å². The van der Waals surface area contributed by atoms with Gasteiger partial charge in [0, 0.05) is 48.2 Å². The molecule has 0 spiro atoms. The van der Waals surface area contributed by atoms with Gasteiger partial charge in [-0.3, -0.25) is 9.29 Å². The second kappa shape index (κ2) is 9.66. The Kier molecular flexibility index (Phi) is 6.43. The van der Waals surface area contributed by atoms with E-state index in [2.05, 4.69) is 4.90 Å². The average Bonchev–Trinajstić information content (AvgIpc) is 2.83. The van der Waals surface area contributed by atoms with Crippen LogP contribution in [0, 0.1) is 17.6 Å². The van der Waals surface area contributed by atoms with Crippen molar-refractivity contribution in [1.82, 2.24) is 4.90 Å². The van der Waals surface area contributed by atoms with Gasteiger partial charge in [-0.15, -0.1) is 0 Å². The highest BCUT2D eigenvalue weighted by Gasteiger charge is 2.30. The lowest BCUT2D eigenvalue weighted by atomic mass is 9.83. The first-order valence-corrected chi connectivity index (χ1v) is 11.6. The number of alkyl halides is 1. The van der Waals surface area contributed by atoms with Gasteiger partial charge >= 0.3 is 0 Å². The average molecular weight is 482 g/mol. The standard InChI is InChI=1S/C28H26F3NO3/c1-17-23-13-21(33)5-9-26(23)35-28(27(17)20-4-8-24(30)25(31)12-20)19-2-6-22(7-3-19)34-11-10-32-15-18(14-29)16-32/h2-9,12-13,17-18,33H,10-11,14-16H2,1H3/t17-/m0/s1. The van der Waals surface area contributed by atoms with E-state index < -0.39 is 11.6 Å². The van der Waals surface area contributed by atoms with E-state index in [1.807, 2.05) is 31.2 Å². The number of fused-ring (bicyclic) bond motifs is 1. The second-order valence-corrected chi connectivity index (χ2v) is 9.07. The largest absolute Gasteiger partial charge is 0.508 e. The number of hydrogen-bond donors (Lipinski definition) is 1. The SMILES string of the molecule is C[C@@H]1C(c2ccc(F)c(F)c2)=C(c2ccc(OCCN3CC(CF)C3)cc2)Oc2ccc(O)cc21. The monoisotopic (exact) mass is 481 g/mol. The van der Waals surface area contributed by atoms with E-state index in [0.717, 1.165) is 36.8 Å². The molecule has 0 aromatic heterocycles. The molecule has 3 aromatic carbocycles. The Morgan fingerprint density at radius 3 is 2.43 bits per heavy atom. The van der Waals surface area contributed by atoms with E-state index >= 15 is 0 Å². The Bertz CT molecular complexity index is 1250. The molecule has 0 amide bonds. The first-order chi connectivity index (χ1) is 16.9. The molecule has 35 heavy (non-hydrogen) atoms. The molecule has 0 aliphatic carbocycles. The van der Waals surface area contributed by atoms with Crippen molar-refractivity contribution in [3.63, 3.8) is 0 Å². The van der Waals surface area contributed by atoms with Crippen LogP contribution in [0.4, 0.5) is 13.2 Å². The first kappa shape index (κ1) is 23.3. The number of ether oxygens (including phenoxy) is 2. The summed E-state index contributed by atoms with van der Waals surface area (Å²) in [6.07, 6.45) is 0. The van der Waals surface area contributed by atoms with Gasteiger partial charge in [0.1, 0.15) is 29.6 Å². The van der Waals surface area contributed by atoms with E-state index in [0.29, 0.717) is 35.0 Å². The second-order valence-electron chi connectivity index (χ2n) is 9.07. The smallest absolute Gasteiger partial charge is 0.159 e. The summed E-state index contributed by atoms with van der Waals surface area (Å²) in [7, 11) is 0. The molecule has 1 fully saturated rings. The van der Waals surface area contributed by atoms with Crippen LogP contribution in [0.15, 0.2) is 60.7 Å². The number of nitrogens with zero attached hydrogens (tertiary/aromatic N) is 1. The van der Waals surface area contributed by atoms with Crippen LogP contribution in [0.2, 0.25) is 0 Å². The van der Waals surface area contributed by atoms with Crippen molar-refractivity contribution in [2.75, 3.05) is 32.9 Å². The van der Waals surface area contributed by atoms with Gasteiger partial charge in [0.25, 0.3) is 0 Å². The molecule has 2 aliphatic rings. The van der Waals surface area contributed by atoms with Crippen LogP contribution in [-0.2, 0) is 0 Å². The van der Waals surface area contributed by atoms with E-state index in [9.17, 15) is 18.3 Å². The van der Waals surface area contributed by atoms with Gasteiger partial charge in [0.2, 0.25) is 0 Å². The van der Waals surface area contributed by atoms with Crippen LogP contribution < -0.4 is 9.47 Å². The van der Waals surface area contributed by atoms with Crippen molar-refractivity contribution in [3.8, 4) is 17.2 Å². The number of allylic oxidation sites excluding steroid dienone is 1. The summed E-state index contributed by atoms with van der Waals surface area (Å²) in [6.45, 7) is 4.47. The summed E-state index contributed by atoms with van der Waals surface area (Å²) in [5.41, 5.74) is 2.71. The molecule has 4 nitrogen and oxygen atoms in total. The van der Waals surface area contributed by atoms with Gasteiger partial charge in [-0.05, 0) is 60.2 Å². The number of aromatic hydroxyl groups is 1. The minimum absolute atomic E-state index is 0.104. The van der Waals surface area contributed by atoms with Gasteiger partial charge in [-0.25, -0.2) is 8.78 Å². The summed E-state index contributed by atoms with van der Waals surface area (Å²) in [5.74, 6) is -0.0215. The number of hydrogen-bond acceptors (Lipinski definition) is 4. The lowest BCUT2D eigenvalue weighted by Crippen LogP contribution is -2.49. The molecule has 3 aromatic rings. The maximum atomic E-state index is 14.1. The summed E-state index contributed by atoms with van der Waals surface area (Å²) < 4.78 is 52.4. The Hall–Kier alpha value is -3.45. The molecule has 2 heterocycles. The zero-order chi connectivity index (χ0) is 24.5. The van der Waals surface area contributed by atoms with Crippen LogP contribution >= 0.6 is 0 Å². The topological polar surface area (TPSA) is 41.9 Å². The third-order valence-corrected chi connectivity index (χ3v) is 6.62. The van der Waals surface area contributed by atoms with Crippen molar-refractivity contribution in [3.05, 3.63) is 89.0 Å². The summed E-state index contributed by atoms with van der Waals surface area (Å²) in [6, 6.07) is 16.1. The predicted octanol–water partition coefficient (Wildman–Crippen LogP) is 6.01. The first-order valence-electron chi connectivity index (χ1n) is 11.6. The van der Waals surface area contributed by atoms with Crippen LogP contribution in [0.3, 0.4) is 0 Å². The van der Waals surface area contributed by atoms with E-state index in [1.54, 1.807) is 18.2 Å². The van der Waals surface area contributed by atoms with Crippen LogP contribution in [0.1, 0.15) is 29.5 Å². The summed E-state index contributed by atoms with van der Waals surface area (Å²) in [5, 5.41) is 9.99. The molecule has 0 radical (unpaired) electrons. The van der Waals surface area contributed by atoms with Crippen LogP contribution in [0.25, 0.3) is 11.3 Å². The number of phenolic OH excluding ortho intramolecular Hbond substituents is 1. The quantitative estimate of drug-likeness (QED) is 0.449. The molecule has 1 saturated heterocycles. The molecule has 0 unspecified atom stereocenters. The van der Waals surface area contributed by atoms with Crippen LogP contribution in [0.5, 0.6) is 17.2 Å². The van der Waals surface area contributed by atoms with Crippen LogP contribution in [-0.4, -0.2) is 42.9 Å². The highest BCUT2D eigenvalue weighted by molar-refractivity contribution is 5.93.